The van der Waals surface area contributed by atoms with Gasteiger partial charge in [0.2, 0.25) is 10.0 Å². The minimum atomic E-state index is -3.54. The summed E-state index contributed by atoms with van der Waals surface area (Å²) in [6.07, 6.45) is 2.53. The van der Waals surface area contributed by atoms with Crippen molar-refractivity contribution in [3.63, 3.8) is 0 Å². The Kier molecular flexibility index (Phi) is 4.81. The molecule has 0 unspecified atom stereocenters. The monoisotopic (exact) mass is 326 g/mol. The molecule has 0 radical (unpaired) electrons. The predicted octanol–water partition coefficient (Wildman–Crippen LogP) is 1.63. The Morgan fingerprint density at radius 2 is 2.14 bits per heavy atom. The number of nitrogens with two attached hydrogens (primary N) is 1. The lowest BCUT2D eigenvalue weighted by molar-refractivity contribution is 0.521. The molecule has 8 heteroatoms. The number of nitrogens with one attached hydrogen (secondary N) is 1. The second-order valence-electron chi connectivity index (χ2n) is 4.61. The van der Waals surface area contributed by atoms with Gasteiger partial charge in [-0.05, 0) is 12.1 Å². The van der Waals surface area contributed by atoms with Crippen LogP contribution < -0.4 is 11.1 Å². The summed E-state index contributed by atoms with van der Waals surface area (Å²) >= 11 is 1.59. The van der Waals surface area contributed by atoms with Crippen molar-refractivity contribution in [1.82, 2.24) is 9.29 Å². The first kappa shape index (κ1) is 15.7. The van der Waals surface area contributed by atoms with E-state index in [4.69, 9.17) is 5.73 Å². The molecular formula is C13H18N4O2S2. The Morgan fingerprint density at radius 3 is 2.76 bits per heavy atom. The zero-order valence-electron chi connectivity index (χ0n) is 11.9. The van der Waals surface area contributed by atoms with Crippen LogP contribution in [0.3, 0.4) is 0 Å². The molecule has 114 valence electrons. The molecule has 0 amide bonds. The average Bonchev–Trinajstić information content (AvgIpc) is 2.93. The van der Waals surface area contributed by atoms with E-state index < -0.39 is 10.0 Å². The molecule has 0 aliphatic rings. The van der Waals surface area contributed by atoms with E-state index in [1.807, 2.05) is 5.38 Å². The number of thiazole rings is 1. The van der Waals surface area contributed by atoms with Crippen LogP contribution in [0.1, 0.15) is 5.01 Å². The van der Waals surface area contributed by atoms with E-state index in [9.17, 15) is 8.42 Å². The van der Waals surface area contributed by atoms with E-state index in [1.54, 1.807) is 29.7 Å². The largest absolute Gasteiger partial charge is 0.396 e. The Balaban J connectivity index is 2.14. The van der Waals surface area contributed by atoms with Crippen LogP contribution in [-0.4, -0.2) is 38.3 Å². The van der Waals surface area contributed by atoms with Crippen LogP contribution in [0.4, 0.5) is 11.4 Å². The first-order valence-corrected chi connectivity index (χ1v) is 8.68. The number of hydrogen-bond acceptors (Lipinski definition) is 6. The van der Waals surface area contributed by atoms with Gasteiger partial charge in [-0.3, -0.25) is 0 Å². The first-order chi connectivity index (χ1) is 9.93. The molecule has 2 aromatic rings. The summed E-state index contributed by atoms with van der Waals surface area (Å²) in [7, 11) is -0.573. The van der Waals surface area contributed by atoms with Gasteiger partial charge in [0.1, 0.15) is 4.90 Å². The van der Waals surface area contributed by atoms with Crippen molar-refractivity contribution in [2.75, 3.05) is 31.7 Å². The lowest BCUT2D eigenvalue weighted by Gasteiger charge is -2.16. The van der Waals surface area contributed by atoms with Crippen molar-refractivity contribution in [2.24, 2.45) is 0 Å². The molecule has 0 atom stereocenters. The number of benzene rings is 1. The third-order valence-electron chi connectivity index (χ3n) is 2.96. The highest BCUT2D eigenvalue weighted by Gasteiger charge is 2.21. The van der Waals surface area contributed by atoms with Gasteiger partial charge < -0.3 is 11.1 Å². The molecule has 0 fully saturated rings. The Labute approximate surface area is 128 Å². The van der Waals surface area contributed by atoms with Crippen molar-refractivity contribution >= 4 is 32.7 Å². The van der Waals surface area contributed by atoms with Gasteiger partial charge in [-0.2, -0.15) is 0 Å². The van der Waals surface area contributed by atoms with Crippen LogP contribution in [0.5, 0.6) is 0 Å². The van der Waals surface area contributed by atoms with Gasteiger partial charge in [0.15, 0.2) is 0 Å². The van der Waals surface area contributed by atoms with Gasteiger partial charge in [-0.15, -0.1) is 11.3 Å². The summed E-state index contributed by atoms with van der Waals surface area (Å²) in [6.45, 7) is 0.642. The topological polar surface area (TPSA) is 88.3 Å². The van der Waals surface area contributed by atoms with Crippen LogP contribution >= 0.6 is 11.3 Å². The number of nitrogens with zero attached hydrogens (tertiary/aromatic N) is 2. The zero-order chi connectivity index (χ0) is 15.5. The van der Waals surface area contributed by atoms with Crippen LogP contribution in [0.15, 0.2) is 34.7 Å². The molecule has 0 saturated carbocycles. The van der Waals surface area contributed by atoms with Crippen LogP contribution in [0, 0.1) is 0 Å². The summed E-state index contributed by atoms with van der Waals surface area (Å²) in [4.78, 5) is 4.31. The summed E-state index contributed by atoms with van der Waals surface area (Å²) in [5, 5.41) is 6.11. The zero-order valence-corrected chi connectivity index (χ0v) is 13.5. The molecule has 0 aliphatic carbocycles. The highest BCUT2D eigenvalue weighted by Crippen LogP contribution is 2.28. The fourth-order valence-electron chi connectivity index (χ4n) is 1.80. The standard InChI is InChI=1S/C13H18N4O2S2/c1-17(2)21(18,19)11-5-3-4-10(13(11)14)15-7-6-12-16-8-9-20-12/h3-5,8-9,15H,6-7,14H2,1-2H3. The number of rotatable bonds is 6. The number of anilines is 2. The van der Waals surface area contributed by atoms with Gasteiger partial charge in [0, 0.05) is 38.6 Å². The third kappa shape index (κ3) is 3.52. The van der Waals surface area contributed by atoms with Gasteiger partial charge in [0.05, 0.1) is 16.4 Å². The maximum Gasteiger partial charge on any atom is 0.244 e. The summed E-state index contributed by atoms with van der Waals surface area (Å²) < 4.78 is 25.5. The normalized spacial score (nSPS) is 11.8. The third-order valence-corrected chi connectivity index (χ3v) is 5.68. The van der Waals surface area contributed by atoms with E-state index in [0.29, 0.717) is 12.2 Å². The van der Waals surface area contributed by atoms with Crippen molar-refractivity contribution in [3.8, 4) is 0 Å². The molecule has 3 N–H and O–H groups in total. The Bertz CT molecular complexity index is 697. The predicted molar refractivity (Wildman–Crippen MR) is 86.0 cm³/mol. The van der Waals surface area contributed by atoms with E-state index in [-0.39, 0.29) is 10.6 Å². The molecule has 0 saturated heterocycles. The number of sulfonamides is 1. The van der Waals surface area contributed by atoms with Crippen molar-refractivity contribution in [1.29, 1.82) is 0 Å². The van der Waals surface area contributed by atoms with Gasteiger partial charge in [-0.25, -0.2) is 17.7 Å². The molecule has 0 spiro atoms. The smallest absolute Gasteiger partial charge is 0.244 e. The van der Waals surface area contributed by atoms with Crippen LogP contribution in [-0.2, 0) is 16.4 Å². The SMILES string of the molecule is CN(C)S(=O)(=O)c1cccc(NCCc2nccs2)c1N. The van der Waals surface area contributed by atoms with E-state index in [1.165, 1.54) is 20.2 Å². The minimum Gasteiger partial charge on any atom is -0.396 e. The molecular weight excluding hydrogens is 308 g/mol. The number of hydrogen-bond donors (Lipinski definition) is 2. The van der Waals surface area contributed by atoms with Gasteiger partial charge >= 0.3 is 0 Å². The lowest BCUT2D eigenvalue weighted by Crippen LogP contribution is -2.23. The summed E-state index contributed by atoms with van der Waals surface area (Å²) in [5.74, 6) is 0. The molecule has 21 heavy (non-hydrogen) atoms. The molecule has 0 aliphatic heterocycles. The quantitative estimate of drug-likeness (QED) is 0.788. The average molecular weight is 326 g/mol. The van der Waals surface area contributed by atoms with Crippen LogP contribution in [0.25, 0.3) is 0 Å². The lowest BCUT2D eigenvalue weighted by atomic mass is 10.2. The van der Waals surface area contributed by atoms with E-state index >= 15 is 0 Å². The van der Waals surface area contributed by atoms with Crippen LogP contribution in [0.2, 0.25) is 0 Å². The molecule has 1 heterocycles. The summed E-state index contributed by atoms with van der Waals surface area (Å²) in [5.41, 5.74) is 6.85. The molecule has 1 aromatic heterocycles. The number of para-hydroxylation sites is 1. The number of aromatic nitrogens is 1. The first-order valence-electron chi connectivity index (χ1n) is 6.36. The molecule has 1 aromatic carbocycles. The maximum absolute atomic E-state index is 12.2. The van der Waals surface area contributed by atoms with Crippen molar-refractivity contribution in [3.05, 3.63) is 34.8 Å². The van der Waals surface area contributed by atoms with Gasteiger partial charge in [0.25, 0.3) is 0 Å². The maximum atomic E-state index is 12.2. The minimum absolute atomic E-state index is 0.117. The van der Waals surface area contributed by atoms with Crippen molar-refractivity contribution < 1.29 is 8.42 Å². The Morgan fingerprint density at radius 1 is 1.38 bits per heavy atom. The molecule has 6 nitrogen and oxygen atoms in total. The second-order valence-corrected chi connectivity index (χ2v) is 7.71. The Hall–Kier alpha value is -1.64. The number of nitrogen functional groups attached to an aromatic ring is 1. The fraction of sp³-hybridized carbons (Fsp3) is 0.308. The highest BCUT2D eigenvalue weighted by molar-refractivity contribution is 7.89. The van der Waals surface area contributed by atoms with E-state index in [0.717, 1.165) is 15.7 Å². The van der Waals surface area contributed by atoms with Crippen molar-refractivity contribution in [2.45, 2.75) is 11.3 Å². The molecule has 2 rings (SSSR count). The van der Waals surface area contributed by atoms with E-state index in [2.05, 4.69) is 10.3 Å². The highest BCUT2D eigenvalue weighted by atomic mass is 32.2. The molecule has 0 bridgehead atoms. The fourth-order valence-corrected chi connectivity index (χ4v) is 3.45. The summed E-state index contributed by atoms with van der Waals surface area (Å²) in [6, 6.07) is 4.96. The second kappa shape index (κ2) is 6.42. The van der Waals surface area contributed by atoms with Gasteiger partial charge in [-0.1, -0.05) is 6.07 Å².